The van der Waals surface area contributed by atoms with Crippen LogP contribution in [0.1, 0.15) is 134 Å². The number of Topliss-reactive ketones (excluding diaryl/α,β-unsaturated/α-hetero) is 1. The summed E-state index contributed by atoms with van der Waals surface area (Å²) in [5.74, 6) is -7.48. The maximum atomic E-state index is 13.9. The minimum absolute atomic E-state index is 0.000476. The van der Waals surface area contributed by atoms with Gasteiger partial charge in [0.15, 0.2) is 11.6 Å². The van der Waals surface area contributed by atoms with E-state index in [2.05, 4.69) is 21.3 Å². The molecule has 16 nitrogen and oxygen atoms in total. The van der Waals surface area contributed by atoms with Crippen molar-refractivity contribution in [1.82, 2.24) is 0 Å². The molecule has 0 spiro atoms. The molecule has 16 heteroatoms. The number of carboxylic acid groups (broad SMARTS) is 3. The molecule has 0 aliphatic rings. The summed E-state index contributed by atoms with van der Waals surface area (Å²) in [4.78, 5) is 115. The van der Waals surface area contributed by atoms with Crippen molar-refractivity contribution in [3.05, 3.63) is 259 Å². The van der Waals surface area contributed by atoms with E-state index in [0.29, 0.717) is 41.2 Å². The molecule has 0 aliphatic heterocycles. The number of nitrogens with one attached hydrogen (secondary N) is 4. The largest absolute Gasteiger partial charge is 0.478 e. The van der Waals surface area contributed by atoms with Crippen molar-refractivity contribution in [2.45, 2.75) is 26.7 Å². The topological polar surface area (TPSA) is 262 Å². The summed E-state index contributed by atoms with van der Waals surface area (Å²) in [5.41, 5.74) is 5.13. The average Bonchev–Trinajstić information content (AvgIpc) is 3.42. The van der Waals surface area contributed by atoms with Gasteiger partial charge in [-0.2, -0.15) is 0 Å². The zero-order valence-electron chi connectivity index (χ0n) is 41.2. The molecule has 0 radical (unpaired) electrons. The fourth-order valence-electron chi connectivity index (χ4n) is 8.39. The molecule has 0 aromatic heterocycles. The first-order valence-corrected chi connectivity index (χ1v) is 23.7. The van der Waals surface area contributed by atoms with Crippen LogP contribution in [0.2, 0.25) is 0 Å². The predicted molar refractivity (Wildman–Crippen MR) is 288 cm³/mol. The van der Waals surface area contributed by atoms with E-state index in [1.807, 2.05) is 36.4 Å². The van der Waals surface area contributed by atoms with Crippen LogP contribution in [0, 0.1) is 6.92 Å². The lowest BCUT2D eigenvalue weighted by atomic mass is 9.94. The maximum Gasteiger partial charge on any atom is 0.336 e. The van der Waals surface area contributed by atoms with Crippen molar-refractivity contribution >= 4 is 75.9 Å². The second-order valence-corrected chi connectivity index (χ2v) is 17.9. The number of carboxylic acids is 3. The Kier molecular flexibility index (Phi) is 15.8. The molecule has 8 aromatic rings. The van der Waals surface area contributed by atoms with E-state index in [1.54, 1.807) is 85.8 Å². The normalized spacial score (nSPS) is 10.7. The number of benzene rings is 8. The second kappa shape index (κ2) is 23.1. The third-order valence-corrected chi connectivity index (χ3v) is 12.4. The molecule has 0 saturated carbocycles. The Labute approximate surface area is 440 Å². The van der Waals surface area contributed by atoms with Crippen LogP contribution in [-0.4, -0.2) is 68.4 Å². The Bertz CT molecular complexity index is 3680. The molecule has 0 aliphatic carbocycles. The van der Waals surface area contributed by atoms with Crippen LogP contribution in [-0.2, 0) is 12.8 Å². The van der Waals surface area contributed by atoms with Gasteiger partial charge < -0.3 is 36.6 Å². The van der Waals surface area contributed by atoms with Crippen molar-refractivity contribution in [2.24, 2.45) is 0 Å². The molecule has 0 atom stereocenters. The molecule has 8 rings (SSSR count). The highest BCUT2D eigenvalue weighted by Crippen LogP contribution is 2.25. The first kappa shape index (κ1) is 52.7. The van der Waals surface area contributed by atoms with Gasteiger partial charge in [-0.1, -0.05) is 84.4 Å². The summed E-state index contributed by atoms with van der Waals surface area (Å²) in [6.07, 6.45) is 0.988. The van der Waals surface area contributed by atoms with Gasteiger partial charge in [-0.25, -0.2) is 14.4 Å². The van der Waals surface area contributed by atoms with Crippen molar-refractivity contribution in [1.29, 1.82) is 0 Å². The highest BCUT2D eigenvalue weighted by molar-refractivity contribution is 6.17. The number of ketones is 2. The summed E-state index contributed by atoms with van der Waals surface area (Å²) in [7, 11) is 0. The van der Waals surface area contributed by atoms with Crippen LogP contribution >= 0.6 is 0 Å². The molecule has 77 heavy (non-hydrogen) atoms. The predicted octanol–water partition coefficient (Wildman–Crippen LogP) is 10.7. The molecule has 0 saturated heterocycles. The summed E-state index contributed by atoms with van der Waals surface area (Å²) >= 11 is 0. The van der Waals surface area contributed by atoms with Crippen molar-refractivity contribution < 1.29 is 58.5 Å². The summed E-state index contributed by atoms with van der Waals surface area (Å²) in [6.45, 7) is 2.99. The molecule has 382 valence electrons. The minimum atomic E-state index is -1.40. The van der Waals surface area contributed by atoms with Gasteiger partial charge in [-0.3, -0.25) is 28.8 Å². The number of carbonyl (C=O) groups excluding carboxylic acids is 6. The van der Waals surface area contributed by atoms with Crippen molar-refractivity contribution in [3.63, 3.8) is 0 Å². The van der Waals surface area contributed by atoms with Crippen LogP contribution in [0.5, 0.6) is 0 Å². The number of anilines is 4. The molecular weight excluding hydrogens is 981 g/mol. The Morgan fingerprint density at radius 3 is 1.04 bits per heavy atom. The quantitative estimate of drug-likeness (QED) is 0.0396. The van der Waals surface area contributed by atoms with E-state index in [1.165, 1.54) is 55.5 Å². The fourth-order valence-corrected chi connectivity index (χ4v) is 8.39. The first-order valence-electron chi connectivity index (χ1n) is 23.7. The number of amides is 4. The van der Waals surface area contributed by atoms with Crippen LogP contribution < -0.4 is 21.3 Å². The zero-order chi connectivity index (χ0) is 54.9. The van der Waals surface area contributed by atoms with Gasteiger partial charge in [0.2, 0.25) is 0 Å². The number of hydrogen-bond acceptors (Lipinski definition) is 9. The number of aryl methyl sites for hydroxylation is 1. The maximum absolute atomic E-state index is 13.9. The van der Waals surface area contributed by atoms with Gasteiger partial charge in [-0.15, -0.1) is 0 Å². The lowest BCUT2D eigenvalue weighted by Gasteiger charge is -2.13. The minimum Gasteiger partial charge on any atom is -0.478 e. The molecule has 0 bridgehead atoms. The van der Waals surface area contributed by atoms with E-state index >= 15 is 0 Å². The molecule has 0 heterocycles. The van der Waals surface area contributed by atoms with E-state index in [9.17, 15) is 58.5 Å². The lowest BCUT2D eigenvalue weighted by molar-refractivity contribution is 0.0683. The summed E-state index contributed by atoms with van der Waals surface area (Å²) in [6, 6.07) is 45.9. The highest BCUT2D eigenvalue weighted by atomic mass is 16.4. The highest BCUT2D eigenvalue weighted by Gasteiger charge is 2.24. The van der Waals surface area contributed by atoms with Gasteiger partial charge in [-0.05, 0) is 146 Å². The zero-order valence-corrected chi connectivity index (χ0v) is 41.2. The lowest BCUT2D eigenvalue weighted by Crippen LogP contribution is -2.18. The molecule has 7 N–H and O–H groups in total. The fraction of sp³-hybridized carbons (Fsp3) is 0.0656. The Hall–Kier alpha value is -10.6. The van der Waals surface area contributed by atoms with Gasteiger partial charge in [0, 0.05) is 39.4 Å². The molecule has 4 amide bonds. The monoisotopic (exact) mass is 1030 g/mol. The van der Waals surface area contributed by atoms with Crippen molar-refractivity contribution in [2.75, 3.05) is 21.3 Å². The summed E-state index contributed by atoms with van der Waals surface area (Å²) in [5, 5.41) is 39.9. The summed E-state index contributed by atoms with van der Waals surface area (Å²) < 4.78 is 0. The third-order valence-electron chi connectivity index (χ3n) is 12.4. The van der Waals surface area contributed by atoms with Crippen LogP contribution in [0.4, 0.5) is 22.7 Å². The van der Waals surface area contributed by atoms with Gasteiger partial charge in [0.1, 0.15) is 0 Å². The van der Waals surface area contributed by atoms with E-state index in [-0.39, 0.29) is 55.6 Å². The molecule has 0 fully saturated rings. The van der Waals surface area contributed by atoms with Crippen LogP contribution in [0.3, 0.4) is 0 Å². The third kappa shape index (κ3) is 12.8. The smallest absolute Gasteiger partial charge is 0.336 e. The van der Waals surface area contributed by atoms with E-state index in [0.717, 1.165) is 34.4 Å². The Balaban J connectivity index is 0.877. The van der Waals surface area contributed by atoms with Crippen molar-refractivity contribution in [3.8, 4) is 0 Å². The van der Waals surface area contributed by atoms with Crippen LogP contribution in [0.15, 0.2) is 176 Å². The molecule has 8 aromatic carbocycles. The standard InChI is InChI=1S/C61H46N4O12/c1-34-7-26-48(53(29-34)61(76)77)57(70)64-44-22-12-38(13-23-44)31-39-14-24-45(25-15-39)65-58(71)52-33-41(17-28-50(52)60(74)75)54(67)40-16-27-47(51(32-40)35(2)66)56(69)63-43-20-10-37(11-21-43)30-36-8-18-42(19-9-36)62-55(68)46-5-3-4-6-49(46)59(72)73/h3-29,32-33H,30-31H2,1-2H3,(H,62,68)(H,63,69)(H,64,70)(H,65,71)(H,72,73)(H,74,75)(H,76,77). The number of aromatic carboxylic acids is 3. The van der Waals surface area contributed by atoms with Gasteiger partial charge in [0.25, 0.3) is 23.6 Å². The molecule has 0 unspecified atom stereocenters. The van der Waals surface area contributed by atoms with Gasteiger partial charge in [0.05, 0.1) is 38.9 Å². The Morgan fingerprint density at radius 1 is 0.338 bits per heavy atom. The van der Waals surface area contributed by atoms with Gasteiger partial charge >= 0.3 is 17.9 Å². The molecular formula is C61H46N4O12. The number of rotatable bonds is 18. The second-order valence-electron chi connectivity index (χ2n) is 17.9. The first-order chi connectivity index (χ1) is 36.9. The van der Waals surface area contributed by atoms with E-state index < -0.39 is 53.1 Å². The van der Waals surface area contributed by atoms with E-state index in [4.69, 9.17) is 0 Å². The number of hydrogen-bond donors (Lipinski definition) is 7. The average molecular weight is 1030 g/mol. The SMILES string of the molecule is CC(=O)c1cc(C(=O)c2ccc(C(=O)O)c(C(=O)Nc3ccc(Cc4ccc(NC(=O)c5ccc(C)cc5C(=O)O)cc4)cc3)c2)ccc1C(=O)Nc1ccc(Cc2ccc(NC(=O)c3ccccc3C(=O)O)cc2)cc1. The Morgan fingerprint density at radius 2 is 0.649 bits per heavy atom. The number of carbonyl (C=O) groups is 9. The van der Waals surface area contributed by atoms with Crippen LogP contribution in [0.25, 0.3) is 0 Å².